The van der Waals surface area contributed by atoms with Gasteiger partial charge in [0.25, 0.3) is 0 Å². The fourth-order valence-electron chi connectivity index (χ4n) is 1.57. The SMILES string of the molecule is C1=CN2C=C3OC(C=C13)C2. The second kappa shape index (κ2) is 1.29. The van der Waals surface area contributed by atoms with Gasteiger partial charge in [-0.15, -0.1) is 0 Å². The highest BCUT2D eigenvalue weighted by atomic mass is 16.5. The van der Waals surface area contributed by atoms with Gasteiger partial charge in [0, 0.05) is 18.0 Å². The van der Waals surface area contributed by atoms with Crippen molar-refractivity contribution < 1.29 is 4.74 Å². The average molecular weight is 133 g/mol. The highest BCUT2D eigenvalue weighted by Crippen LogP contribution is 2.32. The van der Waals surface area contributed by atoms with E-state index >= 15 is 0 Å². The maximum atomic E-state index is 5.51. The van der Waals surface area contributed by atoms with Crippen molar-refractivity contribution in [2.45, 2.75) is 6.10 Å². The van der Waals surface area contributed by atoms with Gasteiger partial charge in [0.1, 0.15) is 11.9 Å². The smallest absolute Gasteiger partial charge is 0.143 e. The number of fused-ring (bicyclic) bond motifs is 2. The van der Waals surface area contributed by atoms with Crippen molar-refractivity contribution in [3.05, 3.63) is 35.9 Å². The Morgan fingerprint density at radius 3 is 3.60 bits per heavy atom. The molecule has 0 fully saturated rings. The van der Waals surface area contributed by atoms with E-state index in [0.717, 1.165) is 12.3 Å². The maximum absolute atomic E-state index is 5.51. The number of nitrogens with zero attached hydrogens (tertiary/aromatic N) is 1. The third kappa shape index (κ3) is 0.407. The molecule has 50 valence electrons. The predicted molar refractivity (Wildman–Crippen MR) is 36.9 cm³/mol. The minimum atomic E-state index is 0.310. The van der Waals surface area contributed by atoms with Gasteiger partial charge in [-0.1, -0.05) is 0 Å². The molecule has 0 amide bonds. The topological polar surface area (TPSA) is 12.5 Å². The molecular weight excluding hydrogens is 126 g/mol. The second-order valence-corrected chi connectivity index (χ2v) is 2.78. The van der Waals surface area contributed by atoms with Crippen LogP contribution in [0.15, 0.2) is 35.9 Å². The standard InChI is InChI=1S/C8H7NO/c1-2-9-4-7-3-6(1)8(5-9)10-7/h1-3,5,7H,4H2. The Balaban J connectivity index is 2.25. The Labute approximate surface area is 59.1 Å². The van der Waals surface area contributed by atoms with Crippen molar-refractivity contribution >= 4 is 0 Å². The lowest BCUT2D eigenvalue weighted by Crippen LogP contribution is -2.27. The van der Waals surface area contributed by atoms with Crippen molar-refractivity contribution in [2.24, 2.45) is 0 Å². The van der Waals surface area contributed by atoms with Crippen LogP contribution in [-0.2, 0) is 4.74 Å². The molecule has 0 aromatic rings. The summed E-state index contributed by atoms with van der Waals surface area (Å²) >= 11 is 0. The van der Waals surface area contributed by atoms with Crippen molar-refractivity contribution in [1.82, 2.24) is 4.90 Å². The minimum Gasteiger partial charge on any atom is -0.482 e. The first-order chi connectivity index (χ1) is 4.92. The molecule has 0 saturated carbocycles. The molecule has 0 N–H and O–H groups in total. The lowest BCUT2D eigenvalue weighted by Gasteiger charge is -2.26. The van der Waals surface area contributed by atoms with E-state index in [1.54, 1.807) is 0 Å². The summed E-state index contributed by atoms with van der Waals surface area (Å²) in [6, 6.07) is 0. The maximum Gasteiger partial charge on any atom is 0.143 e. The summed E-state index contributed by atoms with van der Waals surface area (Å²) in [5.74, 6) is 1.04. The molecule has 1 unspecified atom stereocenters. The molecule has 3 aliphatic heterocycles. The Bertz CT molecular complexity index is 275. The predicted octanol–water partition coefficient (Wildman–Crippen LogP) is 0.996. The van der Waals surface area contributed by atoms with Crippen LogP contribution in [0.5, 0.6) is 0 Å². The molecule has 1 atom stereocenters. The molecule has 3 aliphatic rings. The summed E-state index contributed by atoms with van der Waals surface area (Å²) in [6.07, 6.45) is 8.73. The normalized spacial score (nSPS) is 32.0. The van der Waals surface area contributed by atoms with Gasteiger partial charge in [0.15, 0.2) is 0 Å². The number of allylic oxidation sites excluding steroid dienone is 1. The van der Waals surface area contributed by atoms with Gasteiger partial charge < -0.3 is 9.64 Å². The zero-order valence-electron chi connectivity index (χ0n) is 5.45. The van der Waals surface area contributed by atoms with Crippen molar-refractivity contribution in [2.75, 3.05) is 6.54 Å². The molecule has 0 radical (unpaired) electrons. The van der Waals surface area contributed by atoms with Gasteiger partial charge in [-0.3, -0.25) is 0 Å². The first-order valence-electron chi connectivity index (χ1n) is 3.46. The van der Waals surface area contributed by atoms with Crippen LogP contribution in [0.4, 0.5) is 0 Å². The molecule has 3 bridgehead atoms. The van der Waals surface area contributed by atoms with E-state index in [0.29, 0.717) is 6.10 Å². The lowest BCUT2D eigenvalue weighted by atomic mass is 10.2. The van der Waals surface area contributed by atoms with E-state index in [-0.39, 0.29) is 0 Å². The van der Waals surface area contributed by atoms with Gasteiger partial charge in [0.05, 0.1) is 6.54 Å². The Morgan fingerprint density at radius 1 is 1.60 bits per heavy atom. The molecule has 2 heteroatoms. The highest BCUT2D eigenvalue weighted by molar-refractivity contribution is 5.45. The van der Waals surface area contributed by atoms with Crippen molar-refractivity contribution in [3.63, 3.8) is 0 Å². The van der Waals surface area contributed by atoms with Gasteiger partial charge in [0.2, 0.25) is 0 Å². The zero-order chi connectivity index (χ0) is 6.55. The first kappa shape index (κ1) is 4.61. The van der Waals surface area contributed by atoms with E-state index in [9.17, 15) is 0 Å². The molecule has 0 aliphatic carbocycles. The first-order valence-corrected chi connectivity index (χ1v) is 3.46. The van der Waals surface area contributed by atoms with Gasteiger partial charge in [-0.05, 0) is 12.2 Å². The number of ether oxygens (including phenoxy) is 1. The summed E-state index contributed by atoms with van der Waals surface area (Å²) in [6.45, 7) is 0.976. The largest absolute Gasteiger partial charge is 0.482 e. The van der Waals surface area contributed by atoms with Crippen molar-refractivity contribution in [3.8, 4) is 0 Å². The van der Waals surface area contributed by atoms with Crippen LogP contribution in [0.25, 0.3) is 0 Å². The van der Waals surface area contributed by atoms with E-state index in [1.165, 1.54) is 5.57 Å². The minimum absolute atomic E-state index is 0.310. The summed E-state index contributed by atoms with van der Waals surface area (Å²) in [5.41, 5.74) is 1.25. The molecule has 0 saturated heterocycles. The monoisotopic (exact) mass is 133 g/mol. The molecular formula is C8H7NO. The number of rotatable bonds is 0. The van der Waals surface area contributed by atoms with Crippen molar-refractivity contribution in [1.29, 1.82) is 0 Å². The molecule has 0 aromatic heterocycles. The summed E-state index contributed by atoms with van der Waals surface area (Å²) in [4.78, 5) is 2.16. The number of hydrogen-bond acceptors (Lipinski definition) is 2. The molecule has 3 heterocycles. The van der Waals surface area contributed by atoms with Crippen LogP contribution in [-0.4, -0.2) is 17.5 Å². The molecule has 3 rings (SSSR count). The van der Waals surface area contributed by atoms with E-state index in [2.05, 4.69) is 29.5 Å². The van der Waals surface area contributed by atoms with Crippen LogP contribution in [0, 0.1) is 0 Å². The average Bonchev–Trinajstić information content (AvgIpc) is 2.11. The summed E-state index contributed by atoms with van der Waals surface area (Å²) < 4.78 is 5.51. The van der Waals surface area contributed by atoms with E-state index < -0.39 is 0 Å². The van der Waals surface area contributed by atoms with E-state index in [4.69, 9.17) is 4.74 Å². The van der Waals surface area contributed by atoms with Gasteiger partial charge in [-0.2, -0.15) is 0 Å². The van der Waals surface area contributed by atoms with Gasteiger partial charge >= 0.3 is 0 Å². The Kier molecular flexibility index (Phi) is 0.592. The lowest BCUT2D eigenvalue weighted by molar-refractivity contribution is 0.129. The fourth-order valence-corrected chi connectivity index (χ4v) is 1.57. The summed E-state index contributed by atoms with van der Waals surface area (Å²) in [7, 11) is 0. The number of hydrogen-bond donors (Lipinski definition) is 0. The van der Waals surface area contributed by atoms with E-state index in [1.807, 2.05) is 0 Å². The zero-order valence-corrected chi connectivity index (χ0v) is 5.45. The quantitative estimate of drug-likeness (QED) is 0.488. The summed E-state index contributed by atoms with van der Waals surface area (Å²) in [5, 5.41) is 0. The van der Waals surface area contributed by atoms with Crippen LogP contribution in [0.1, 0.15) is 0 Å². The Morgan fingerprint density at radius 2 is 2.60 bits per heavy atom. The van der Waals surface area contributed by atoms with Crippen LogP contribution >= 0.6 is 0 Å². The molecule has 0 spiro atoms. The third-order valence-corrected chi connectivity index (χ3v) is 2.05. The van der Waals surface area contributed by atoms with Crippen LogP contribution in [0.2, 0.25) is 0 Å². The highest BCUT2D eigenvalue weighted by Gasteiger charge is 2.29. The molecule has 10 heavy (non-hydrogen) atoms. The third-order valence-electron chi connectivity index (χ3n) is 2.05. The Hall–Kier alpha value is -1.18. The van der Waals surface area contributed by atoms with Crippen LogP contribution < -0.4 is 0 Å². The molecule has 2 nitrogen and oxygen atoms in total. The fraction of sp³-hybridized carbons (Fsp3) is 0.250. The molecule has 0 aromatic carbocycles. The van der Waals surface area contributed by atoms with Gasteiger partial charge in [-0.25, -0.2) is 0 Å². The second-order valence-electron chi connectivity index (χ2n) is 2.78. The van der Waals surface area contributed by atoms with Crippen LogP contribution in [0.3, 0.4) is 0 Å².